The number of benzene rings is 1. The first kappa shape index (κ1) is 70.0. The second kappa shape index (κ2) is 31.6. The third-order valence-corrected chi connectivity index (χ3v) is 16.8. The number of carboxylic acids is 1. The van der Waals surface area contributed by atoms with Crippen LogP contribution in [0.15, 0.2) is 30.3 Å². The number of carboxylic acid groups (broad SMARTS) is 1. The number of ether oxygens (including phenoxy) is 5. The lowest BCUT2D eigenvalue weighted by molar-refractivity contribution is -0.346. The van der Waals surface area contributed by atoms with Gasteiger partial charge in [0.25, 0.3) is 5.79 Å². The van der Waals surface area contributed by atoms with Crippen LogP contribution in [0.3, 0.4) is 0 Å². The van der Waals surface area contributed by atoms with Gasteiger partial charge in [-0.3, -0.25) is 24.0 Å². The summed E-state index contributed by atoms with van der Waals surface area (Å²) in [7, 11) is 6.32. The monoisotopic (exact) mass is 1170 g/mol. The van der Waals surface area contributed by atoms with Gasteiger partial charge >= 0.3 is 5.97 Å². The fourth-order valence-corrected chi connectivity index (χ4v) is 12.0. The summed E-state index contributed by atoms with van der Waals surface area (Å²) in [5.74, 6) is -9.38. The molecule has 3 fully saturated rings. The van der Waals surface area contributed by atoms with Gasteiger partial charge in [0.2, 0.25) is 29.5 Å². The normalized spacial score (nSPS) is 29.0. The first-order valence-corrected chi connectivity index (χ1v) is 28.7. The van der Waals surface area contributed by atoms with E-state index in [1.54, 1.807) is 68.1 Å². The Morgan fingerprint density at radius 1 is 0.890 bits per heavy atom. The van der Waals surface area contributed by atoms with Gasteiger partial charge in [-0.1, -0.05) is 85.2 Å². The van der Waals surface area contributed by atoms with Gasteiger partial charge in [-0.15, -0.1) is 0 Å². The average Bonchev–Trinajstić information content (AvgIpc) is 3.97. The van der Waals surface area contributed by atoms with E-state index in [9.17, 15) is 69.6 Å². The zero-order chi connectivity index (χ0) is 61.7. The van der Waals surface area contributed by atoms with Gasteiger partial charge in [-0.05, 0) is 56.6 Å². The maximum atomic E-state index is 14.6. The summed E-state index contributed by atoms with van der Waals surface area (Å²) >= 11 is 0. The quantitative estimate of drug-likeness (QED) is 0.0448. The second-order valence-corrected chi connectivity index (χ2v) is 23.3. The number of aliphatic hydroxyl groups excluding tert-OH is 7. The molecule has 21 atom stereocenters. The number of nitrogens with zero attached hydrogens (tertiary/aromatic N) is 2. The van der Waals surface area contributed by atoms with Gasteiger partial charge in [0.1, 0.15) is 42.7 Å². The summed E-state index contributed by atoms with van der Waals surface area (Å²) < 4.78 is 30.5. The lowest BCUT2D eigenvalue weighted by Gasteiger charge is -2.50. The van der Waals surface area contributed by atoms with Crippen LogP contribution in [-0.2, 0) is 52.5 Å². The highest BCUT2D eigenvalue weighted by molar-refractivity contribution is 5.90. The third-order valence-electron chi connectivity index (χ3n) is 16.8. The zero-order valence-electron chi connectivity index (χ0n) is 49.9. The van der Waals surface area contributed by atoms with Crippen LogP contribution < -0.4 is 21.3 Å². The molecule has 5 amide bonds. The van der Waals surface area contributed by atoms with Crippen LogP contribution >= 0.6 is 0 Å². The van der Waals surface area contributed by atoms with E-state index < -0.39 is 158 Å². The minimum Gasteiger partial charge on any atom is -0.477 e. The number of hydrogen-bond acceptors (Lipinski definition) is 19. The number of hydrogen-bond donors (Lipinski definition) is 12. The molecule has 3 aliphatic rings. The summed E-state index contributed by atoms with van der Waals surface area (Å²) in [5.41, 5.74) is 0.521. The van der Waals surface area contributed by atoms with Crippen LogP contribution in [0.4, 0.5) is 0 Å². The van der Waals surface area contributed by atoms with Crippen molar-refractivity contribution in [3.63, 3.8) is 0 Å². The molecule has 21 unspecified atom stereocenters. The van der Waals surface area contributed by atoms with Crippen molar-refractivity contribution in [3.05, 3.63) is 35.9 Å². The number of carbonyl (C=O) groups excluding carboxylic acids is 5. The molecule has 2 heterocycles. The molecular weight excluding hydrogens is 1070 g/mol. The molecule has 82 heavy (non-hydrogen) atoms. The number of rotatable bonds is 30. The largest absolute Gasteiger partial charge is 0.477 e. The Kier molecular flexibility index (Phi) is 27.0. The summed E-state index contributed by atoms with van der Waals surface area (Å²) in [6.07, 6.45) is -16.9. The van der Waals surface area contributed by atoms with Gasteiger partial charge in [0.15, 0.2) is 0 Å². The van der Waals surface area contributed by atoms with E-state index in [1.165, 1.54) is 14.2 Å². The SMILES string of the molecule is CCC(C)C(C(CC(=O)N1CCCC1C(OC)C(C)C(=O)NC(C)C(OC1CC(CO)C(O)C(OC2(C(=O)O)CC(O)C(NC(C)=O)C(C(O)C(O)CO)O2)C1O)c1ccccc1)OC)N(C)C(=O)C(NC(=O)C(NC)C(C)C)C(C)C. The number of likely N-dealkylation sites (N-methyl/N-ethyl adjacent to an activating group) is 2. The first-order chi connectivity index (χ1) is 38.6. The number of likely N-dealkylation sites (tertiary alicyclic amines) is 1. The number of carbonyl (C=O) groups is 6. The Morgan fingerprint density at radius 2 is 1.52 bits per heavy atom. The summed E-state index contributed by atoms with van der Waals surface area (Å²) in [6, 6.07) is 3.71. The van der Waals surface area contributed by atoms with Crippen LogP contribution in [-0.4, -0.2) is 237 Å². The standard InChI is InChI=1S/C57H96N6O19/c1-14-30(6)45(62(11)55(75)43(29(4)5)61-54(74)42(58-10)28(2)3)39(78-12)24-41(69)63-22-18-21-36(63)49(79-13)31(7)53(73)59-32(8)50(34-19-16-15-17-20-34)80-40-23-35(26-64)46(70)52(48(40)72)82-57(56(76)77)25-37(67)44(60-33(9)66)51(81-57)47(71)38(68)27-65/h15-17,19-20,28-32,35-40,42-52,58,64-65,67-68,70-72H,14,18,21-27H2,1-13H3,(H,59,73)(H,60,66)(H,61,74)(H,76,77). The summed E-state index contributed by atoms with van der Waals surface area (Å²) in [4.78, 5) is 85.5. The number of aliphatic carboxylic acids is 1. The predicted molar refractivity (Wildman–Crippen MR) is 297 cm³/mol. The molecule has 1 aromatic rings. The molecule has 4 rings (SSSR count). The minimum atomic E-state index is -2.97. The molecule has 25 heteroatoms. The van der Waals surface area contributed by atoms with Gasteiger partial charge < -0.3 is 95.6 Å². The maximum Gasteiger partial charge on any atom is 0.364 e. The Balaban J connectivity index is 1.58. The van der Waals surface area contributed by atoms with E-state index in [0.717, 1.165) is 6.92 Å². The number of aliphatic hydroxyl groups is 7. The highest BCUT2D eigenvalue weighted by atomic mass is 16.7. The molecule has 2 saturated heterocycles. The molecule has 468 valence electrons. The first-order valence-electron chi connectivity index (χ1n) is 28.7. The highest BCUT2D eigenvalue weighted by Gasteiger charge is 2.59. The zero-order valence-corrected chi connectivity index (χ0v) is 49.9. The number of methoxy groups -OCH3 is 2. The van der Waals surface area contributed by atoms with Crippen LogP contribution in [0, 0.1) is 29.6 Å². The Hall–Kier alpha value is -4.48. The van der Waals surface area contributed by atoms with Crippen molar-refractivity contribution in [1.29, 1.82) is 0 Å². The number of nitrogens with one attached hydrogen (secondary N) is 4. The average molecular weight is 1170 g/mol. The van der Waals surface area contributed by atoms with Gasteiger partial charge in [0, 0.05) is 53.7 Å². The molecule has 0 bridgehead atoms. The van der Waals surface area contributed by atoms with Crippen LogP contribution in [0.25, 0.3) is 0 Å². The predicted octanol–water partition coefficient (Wildman–Crippen LogP) is -0.809. The molecule has 0 spiro atoms. The summed E-state index contributed by atoms with van der Waals surface area (Å²) in [5, 5.41) is 98.4. The van der Waals surface area contributed by atoms with Gasteiger partial charge in [-0.25, -0.2) is 4.79 Å². The highest BCUT2D eigenvalue weighted by Crippen LogP contribution is 2.41. The van der Waals surface area contributed by atoms with Crippen molar-refractivity contribution in [2.75, 3.05) is 48.1 Å². The van der Waals surface area contributed by atoms with Crippen LogP contribution in [0.2, 0.25) is 0 Å². The molecule has 0 radical (unpaired) electrons. The molecular formula is C57H96N6O19. The van der Waals surface area contributed by atoms with Crippen molar-refractivity contribution >= 4 is 35.5 Å². The molecule has 1 aliphatic carbocycles. The molecule has 1 saturated carbocycles. The van der Waals surface area contributed by atoms with Crippen molar-refractivity contribution < 1.29 is 93.3 Å². The Bertz CT molecular complexity index is 2220. The van der Waals surface area contributed by atoms with E-state index in [-0.39, 0.29) is 48.3 Å². The molecule has 25 nitrogen and oxygen atoms in total. The van der Waals surface area contributed by atoms with Crippen molar-refractivity contribution in [1.82, 2.24) is 31.1 Å². The fraction of sp³-hybridized carbons (Fsp3) is 0.789. The van der Waals surface area contributed by atoms with Gasteiger partial charge in [-0.2, -0.15) is 0 Å². The number of amides is 5. The lowest BCUT2D eigenvalue weighted by atomic mass is 9.80. The second-order valence-electron chi connectivity index (χ2n) is 23.3. The third kappa shape index (κ3) is 16.7. The van der Waals surface area contributed by atoms with Crippen molar-refractivity contribution in [3.8, 4) is 0 Å². The van der Waals surface area contributed by atoms with Crippen LogP contribution in [0.1, 0.15) is 113 Å². The fourth-order valence-electron chi connectivity index (χ4n) is 12.0. The van der Waals surface area contributed by atoms with Crippen molar-refractivity contribution in [2.45, 2.75) is 210 Å². The molecule has 0 aromatic heterocycles. The summed E-state index contributed by atoms with van der Waals surface area (Å²) in [6.45, 7) is 14.6. The van der Waals surface area contributed by atoms with Gasteiger partial charge in [0.05, 0.1) is 79.7 Å². The molecule has 12 N–H and O–H groups in total. The van der Waals surface area contributed by atoms with E-state index >= 15 is 0 Å². The van der Waals surface area contributed by atoms with E-state index in [2.05, 4.69) is 21.3 Å². The van der Waals surface area contributed by atoms with E-state index in [1.807, 2.05) is 41.5 Å². The minimum absolute atomic E-state index is 0.0348. The molecule has 1 aromatic carbocycles. The topological polar surface area (TPSA) is 365 Å². The van der Waals surface area contributed by atoms with E-state index in [4.69, 9.17) is 23.7 Å². The molecule has 2 aliphatic heterocycles. The lowest BCUT2D eigenvalue weighted by Crippen LogP contribution is -2.70. The van der Waals surface area contributed by atoms with E-state index in [0.29, 0.717) is 31.4 Å². The van der Waals surface area contributed by atoms with Crippen molar-refractivity contribution in [2.24, 2.45) is 29.6 Å². The Morgan fingerprint density at radius 3 is 2.05 bits per heavy atom. The van der Waals surface area contributed by atoms with Crippen LogP contribution in [0.5, 0.6) is 0 Å². The maximum absolute atomic E-state index is 14.6. The smallest absolute Gasteiger partial charge is 0.364 e. The Labute approximate surface area is 482 Å².